The summed E-state index contributed by atoms with van der Waals surface area (Å²) in [6.07, 6.45) is 3.95. The lowest BCUT2D eigenvalue weighted by molar-refractivity contribution is 0.347. The molecule has 3 N–H and O–H groups in total. The molecule has 3 aromatic rings. The van der Waals surface area contributed by atoms with Gasteiger partial charge in [0.2, 0.25) is 0 Å². The van der Waals surface area contributed by atoms with Gasteiger partial charge in [0.25, 0.3) is 0 Å². The lowest BCUT2D eigenvalue weighted by Gasteiger charge is -2.29. The molecule has 216 valence electrons. The van der Waals surface area contributed by atoms with Crippen LogP contribution in [0.3, 0.4) is 0 Å². The number of anilines is 1. The molecule has 8 heteroatoms. The number of nitrogens with two attached hydrogens (primary N) is 1. The third-order valence-electron chi connectivity index (χ3n) is 6.73. The Morgan fingerprint density at radius 1 is 1.10 bits per heavy atom. The SMILES string of the molecule is C=C(C)C(/C=C\C)=N\N(C)Cc1ccccc1.C=Nn1c(-c2ccc(N3CCNCC3)cc2)cc(C)c1C(N)=NC. The molecule has 0 radical (unpaired) electrons. The van der Waals surface area contributed by atoms with Gasteiger partial charge in [-0.1, -0.05) is 55.1 Å². The second kappa shape index (κ2) is 15.4. The van der Waals surface area contributed by atoms with Crippen molar-refractivity contribution in [2.45, 2.75) is 27.3 Å². The number of amidine groups is 1. The van der Waals surface area contributed by atoms with Crippen molar-refractivity contribution >= 4 is 24.0 Å². The Labute approximate surface area is 245 Å². The minimum Gasteiger partial charge on any atom is -0.382 e. The Balaban J connectivity index is 0.000000241. The van der Waals surface area contributed by atoms with E-state index in [1.54, 1.807) is 11.7 Å². The van der Waals surface area contributed by atoms with Crippen LogP contribution in [0.1, 0.15) is 30.7 Å². The van der Waals surface area contributed by atoms with Crippen LogP contribution in [0.4, 0.5) is 5.69 Å². The van der Waals surface area contributed by atoms with E-state index in [0.29, 0.717) is 5.84 Å². The zero-order chi connectivity index (χ0) is 29.8. The Bertz CT molecular complexity index is 1370. The fourth-order valence-electron chi connectivity index (χ4n) is 4.64. The molecule has 0 bridgehead atoms. The number of benzene rings is 2. The third-order valence-corrected chi connectivity index (χ3v) is 6.73. The van der Waals surface area contributed by atoms with Crippen molar-refractivity contribution in [2.24, 2.45) is 20.9 Å². The number of hydrazone groups is 1. The van der Waals surface area contributed by atoms with Gasteiger partial charge in [-0.05, 0) is 61.7 Å². The summed E-state index contributed by atoms with van der Waals surface area (Å²) in [6, 6.07) is 20.9. The van der Waals surface area contributed by atoms with E-state index in [2.05, 4.69) is 81.2 Å². The lowest BCUT2D eigenvalue weighted by atomic mass is 10.1. The lowest BCUT2D eigenvalue weighted by Crippen LogP contribution is -2.43. The minimum absolute atomic E-state index is 0.462. The van der Waals surface area contributed by atoms with Crippen LogP contribution in [0.25, 0.3) is 11.3 Å². The second-order valence-electron chi connectivity index (χ2n) is 9.97. The third kappa shape index (κ3) is 8.53. The van der Waals surface area contributed by atoms with Crippen LogP contribution in [-0.4, -0.2) is 68.2 Å². The molecule has 0 unspecified atom stereocenters. The van der Waals surface area contributed by atoms with E-state index in [9.17, 15) is 0 Å². The Morgan fingerprint density at radius 3 is 2.32 bits per heavy atom. The summed E-state index contributed by atoms with van der Waals surface area (Å²) >= 11 is 0. The summed E-state index contributed by atoms with van der Waals surface area (Å²) in [7, 11) is 3.65. The van der Waals surface area contributed by atoms with Crippen molar-refractivity contribution < 1.29 is 0 Å². The maximum Gasteiger partial charge on any atom is 0.144 e. The van der Waals surface area contributed by atoms with Gasteiger partial charge in [0, 0.05) is 58.2 Å². The van der Waals surface area contributed by atoms with Gasteiger partial charge in [-0.25, -0.2) is 4.68 Å². The first-order chi connectivity index (χ1) is 19.8. The van der Waals surface area contributed by atoms with Crippen molar-refractivity contribution in [3.63, 3.8) is 0 Å². The number of piperazine rings is 1. The Kier molecular flexibility index (Phi) is 11.7. The monoisotopic (exact) mass is 552 g/mol. The van der Waals surface area contributed by atoms with Gasteiger partial charge in [0.15, 0.2) is 0 Å². The van der Waals surface area contributed by atoms with Crippen molar-refractivity contribution in [3.05, 3.63) is 102 Å². The number of rotatable bonds is 9. The second-order valence-corrected chi connectivity index (χ2v) is 9.97. The van der Waals surface area contributed by atoms with Crippen molar-refractivity contribution in [1.29, 1.82) is 0 Å². The zero-order valence-corrected chi connectivity index (χ0v) is 25.1. The summed E-state index contributed by atoms with van der Waals surface area (Å²) in [5.74, 6) is 0.462. The van der Waals surface area contributed by atoms with E-state index >= 15 is 0 Å². The molecule has 1 aliphatic rings. The molecule has 0 saturated carbocycles. The van der Waals surface area contributed by atoms with E-state index in [1.807, 2.05) is 63.2 Å². The first-order valence-corrected chi connectivity index (χ1v) is 13.9. The van der Waals surface area contributed by atoms with Crippen LogP contribution in [0.2, 0.25) is 0 Å². The van der Waals surface area contributed by atoms with Crippen LogP contribution in [0, 0.1) is 6.92 Å². The number of aryl methyl sites for hydroxylation is 1. The van der Waals surface area contributed by atoms with Crippen LogP contribution in [0.15, 0.2) is 100 Å². The smallest absolute Gasteiger partial charge is 0.144 e. The predicted octanol–water partition coefficient (Wildman–Crippen LogP) is 5.30. The van der Waals surface area contributed by atoms with Gasteiger partial charge in [-0.15, -0.1) is 0 Å². The standard InChI is InChI=1S/C18H24N6.C15H20N2/c1-13-12-16(24(21-3)17(13)18(19)20-2)14-4-6-15(7-5-14)23-10-8-22-9-11-23;1-5-9-15(13(2)3)16-17(4)12-14-10-7-6-8-11-14/h4-7,12,22H,3,8-11H2,1-2H3,(H2,19,20);5-11H,2,12H2,1,3-4H3/b;9-5-,16-15-. The number of allylic oxidation sites excluding steroid dienone is 3. The molecule has 8 nitrogen and oxygen atoms in total. The van der Waals surface area contributed by atoms with Gasteiger partial charge in [-0.2, -0.15) is 10.2 Å². The fourth-order valence-corrected chi connectivity index (χ4v) is 4.64. The predicted molar refractivity (Wildman–Crippen MR) is 176 cm³/mol. The van der Waals surface area contributed by atoms with Crippen LogP contribution in [0.5, 0.6) is 0 Å². The van der Waals surface area contributed by atoms with Gasteiger partial charge < -0.3 is 16.0 Å². The zero-order valence-electron chi connectivity index (χ0n) is 25.1. The van der Waals surface area contributed by atoms with Gasteiger partial charge in [-0.3, -0.25) is 10.0 Å². The van der Waals surface area contributed by atoms with E-state index in [4.69, 9.17) is 5.73 Å². The van der Waals surface area contributed by atoms with Crippen LogP contribution >= 0.6 is 0 Å². The fraction of sp³-hybridized carbons (Fsp3) is 0.303. The highest BCUT2D eigenvalue weighted by Gasteiger charge is 2.17. The number of aliphatic imine (C=N–C) groups is 1. The van der Waals surface area contributed by atoms with Crippen molar-refractivity contribution in [1.82, 2.24) is 15.0 Å². The summed E-state index contributed by atoms with van der Waals surface area (Å²) in [5.41, 5.74) is 14.3. The average Bonchev–Trinajstić information content (AvgIpc) is 3.33. The molecule has 41 heavy (non-hydrogen) atoms. The number of hydrogen-bond acceptors (Lipinski definition) is 6. The highest BCUT2D eigenvalue weighted by molar-refractivity contribution is 6.07. The molecule has 2 aromatic carbocycles. The molecule has 0 spiro atoms. The van der Waals surface area contributed by atoms with E-state index in [1.165, 1.54) is 11.3 Å². The number of hydrogen-bond donors (Lipinski definition) is 2. The molecule has 1 aliphatic heterocycles. The summed E-state index contributed by atoms with van der Waals surface area (Å²) < 4.78 is 1.76. The molecule has 1 saturated heterocycles. The molecule has 4 rings (SSSR count). The molecule has 0 atom stereocenters. The largest absolute Gasteiger partial charge is 0.382 e. The normalized spacial score (nSPS) is 14.0. The van der Waals surface area contributed by atoms with E-state index in [0.717, 1.165) is 66.5 Å². The minimum atomic E-state index is 0.462. The summed E-state index contributed by atoms with van der Waals surface area (Å²) in [4.78, 5) is 6.48. The first-order valence-electron chi connectivity index (χ1n) is 13.9. The average molecular weight is 553 g/mol. The van der Waals surface area contributed by atoms with Crippen LogP contribution < -0.4 is 16.0 Å². The summed E-state index contributed by atoms with van der Waals surface area (Å²) in [6.45, 7) is 18.5. The van der Waals surface area contributed by atoms with Crippen molar-refractivity contribution in [3.8, 4) is 11.3 Å². The van der Waals surface area contributed by atoms with Gasteiger partial charge in [0.1, 0.15) is 11.5 Å². The van der Waals surface area contributed by atoms with Crippen molar-refractivity contribution in [2.75, 3.05) is 45.2 Å². The Hall–Kier alpha value is -4.43. The topological polar surface area (TPSA) is 86.5 Å². The highest BCUT2D eigenvalue weighted by atomic mass is 15.4. The molecule has 1 aromatic heterocycles. The molecule has 2 heterocycles. The van der Waals surface area contributed by atoms with Crippen LogP contribution in [-0.2, 0) is 6.54 Å². The van der Waals surface area contributed by atoms with E-state index in [-0.39, 0.29) is 0 Å². The molecular formula is C33H44N8. The molecular weight excluding hydrogens is 508 g/mol. The Morgan fingerprint density at radius 2 is 1.76 bits per heavy atom. The van der Waals surface area contributed by atoms with Gasteiger partial charge in [0.05, 0.1) is 18.0 Å². The van der Waals surface area contributed by atoms with E-state index < -0.39 is 0 Å². The highest BCUT2D eigenvalue weighted by Crippen LogP contribution is 2.28. The molecule has 1 fully saturated rings. The maximum atomic E-state index is 6.01. The number of nitrogens with one attached hydrogen (secondary N) is 1. The van der Waals surface area contributed by atoms with Gasteiger partial charge >= 0.3 is 0 Å². The molecule has 0 amide bonds. The number of nitrogens with zero attached hydrogens (tertiary/aromatic N) is 6. The summed E-state index contributed by atoms with van der Waals surface area (Å²) in [5, 5.41) is 14.0. The quantitative estimate of drug-likeness (QED) is 0.214. The first kappa shape index (κ1) is 31.1. The number of aromatic nitrogens is 1. The maximum absolute atomic E-state index is 6.01. The molecule has 0 aliphatic carbocycles.